The zero-order chi connectivity index (χ0) is 22.2. The van der Waals surface area contributed by atoms with E-state index in [1.807, 2.05) is 6.92 Å². The maximum Gasteiger partial charge on any atom is 0.232 e. The van der Waals surface area contributed by atoms with Crippen molar-refractivity contribution >= 4 is 23.6 Å². The van der Waals surface area contributed by atoms with Gasteiger partial charge >= 0.3 is 0 Å². The number of carbonyl (C=O) groups excluding carboxylic acids is 4. The fourth-order valence-electron chi connectivity index (χ4n) is 3.63. The topological polar surface area (TPSA) is 95.6 Å². The van der Waals surface area contributed by atoms with Gasteiger partial charge in [0.15, 0.2) is 0 Å². The highest BCUT2D eigenvalue weighted by Crippen LogP contribution is 2.22. The van der Waals surface area contributed by atoms with Crippen molar-refractivity contribution in [3.63, 3.8) is 0 Å². The van der Waals surface area contributed by atoms with E-state index in [2.05, 4.69) is 17.6 Å². The minimum atomic E-state index is -0.136. The summed E-state index contributed by atoms with van der Waals surface area (Å²) in [5.41, 5.74) is 0. The number of hydrogen-bond donors (Lipinski definition) is 2. The molecule has 1 unspecified atom stereocenters. The number of unbranched alkanes of at least 4 members (excludes halogenated alkanes) is 6. The summed E-state index contributed by atoms with van der Waals surface area (Å²) in [6.07, 6.45) is 10.4. The summed E-state index contributed by atoms with van der Waals surface area (Å²) >= 11 is 0. The van der Waals surface area contributed by atoms with E-state index in [0.29, 0.717) is 38.8 Å². The third-order valence-electron chi connectivity index (χ3n) is 5.62. The van der Waals surface area contributed by atoms with Crippen molar-refractivity contribution in [3.05, 3.63) is 0 Å². The van der Waals surface area contributed by atoms with E-state index in [4.69, 9.17) is 0 Å². The molecule has 0 aliphatic carbocycles. The third kappa shape index (κ3) is 10.7. The Morgan fingerprint density at radius 3 is 1.93 bits per heavy atom. The molecular formula is C23H41N3O4. The van der Waals surface area contributed by atoms with E-state index in [-0.39, 0.29) is 29.5 Å². The van der Waals surface area contributed by atoms with E-state index in [1.54, 1.807) is 0 Å². The molecule has 1 heterocycles. The van der Waals surface area contributed by atoms with Crippen LogP contribution in [0.3, 0.4) is 0 Å². The SMILES string of the molecule is CCCCCNC(=O)CCCCCNC(=O)CCCCCN1C(=O)CC(CC)C1=O. The molecule has 1 atom stereocenters. The van der Waals surface area contributed by atoms with Crippen LogP contribution >= 0.6 is 0 Å². The van der Waals surface area contributed by atoms with Gasteiger partial charge in [-0.1, -0.05) is 39.5 Å². The number of hydrogen-bond acceptors (Lipinski definition) is 4. The van der Waals surface area contributed by atoms with Crippen LogP contribution in [0.4, 0.5) is 0 Å². The fraction of sp³-hybridized carbons (Fsp3) is 0.826. The van der Waals surface area contributed by atoms with Crippen LogP contribution in [-0.4, -0.2) is 48.2 Å². The lowest BCUT2D eigenvalue weighted by atomic mass is 10.1. The quantitative estimate of drug-likeness (QED) is 0.277. The lowest BCUT2D eigenvalue weighted by molar-refractivity contribution is -0.139. The molecule has 1 aliphatic heterocycles. The molecule has 1 fully saturated rings. The van der Waals surface area contributed by atoms with Gasteiger partial charge in [0.1, 0.15) is 0 Å². The maximum absolute atomic E-state index is 12.0. The molecule has 0 spiro atoms. The lowest BCUT2D eigenvalue weighted by Crippen LogP contribution is -2.31. The van der Waals surface area contributed by atoms with E-state index in [0.717, 1.165) is 64.3 Å². The summed E-state index contributed by atoms with van der Waals surface area (Å²) in [6.45, 7) is 5.97. The minimum absolute atomic E-state index is 0.0331. The summed E-state index contributed by atoms with van der Waals surface area (Å²) in [5, 5.41) is 5.86. The molecule has 1 saturated heterocycles. The Balaban J connectivity index is 1.94. The maximum atomic E-state index is 12.0. The van der Waals surface area contributed by atoms with Crippen molar-refractivity contribution in [1.29, 1.82) is 0 Å². The first-order chi connectivity index (χ1) is 14.5. The lowest BCUT2D eigenvalue weighted by Gasteiger charge is -2.14. The molecular weight excluding hydrogens is 382 g/mol. The smallest absolute Gasteiger partial charge is 0.232 e. The van der Waals surface area contributed by atoms with Crippen molar-refractivity contribution in [2.24, 2.45) is 5.92 Å². The van der Waals surface area contributed by atoms with Gasteiger partial charge in [0.25, 0.3) is 0 Å². The highest BCUT2D eigenvalue weighted by atomic mass is 16.2. The molecule has 30 heavy (non-hydrogen) atoms. The summed E-state index contributed by atoms with van der Waals surface area (Å²) < 4.78 is 0. The second-order valence-corrected chi connectivity index (χ2v) is 8.22. The summed E-state index contributed by atoms with van der Waals surface area (Å²) in [5.74, 6) is -0.0584. The van der Waals surface area contributed by atoms with Gasteiger partial charge in [-0.05, 0) is 38.5 Å². The average Bonchev–Trinajstić information content (AvgIpc) is 3.00. The highest BCUT2D eigenvalue weighted by molar-refractivity contribution is 6.03. The van der Waals surface area contributed by atoms with E-state index >= 15 is 0 Å². The van der Waals surface area contributed by atoms with E-state index in [1.165, 1.54) is 4.90 Å². The number of likely N-dealkylation sites (tertiary alicyclic amines) is 1. The van der Waals surface area contributed by atoms with Crippen LogP contribution in [0.5, 0.6) is 0 Å². The first kappa shape index (κ1) is 26.1. The Morgan fingerprint density at radius 1 is 0.833 bits per heavy atom. The second-order valence-electron chi connectivity index (χ2n) is 8.22. The Morgan fingerprint density at radius 2 is 1.40 bits per heavy atom. The molecule has 4 amide bonds. The predicted molar refractivity (Wildman–Crippen MR) is 118 cm³/mol. The number of rotatable bonds is 17. The molecule has 2 N–H and O–H groups in total. The average molecular weight is 424 g/mol. The molecule has 0 bridgehead atoms. The van der Waals surface area contributed by atoms with Crippen LogP contribution in [-0.2, 0) is 19.2 Å². The van der Waals surface area contributed by atoms with Crippen molar-refractivity contribution in [2.45, 2.75) is 97.3 Å². The molecule has 0 saturated carbocycles. The highest BCUT2D eigenvalue weighted by Gasteiger charge is 2.36. The van der Waals surface area contributed by atoms with Gasteiger partial charge in [-0.2, -0.15) is 0 Å². The standard InChI is InChI=1S/C23H41N3O4/c1-3-5-10-15-24-20(27)13-8-6-11-16-25-21(28)14-9-7-12-17-26-22(29)18-19(4-2)23(26)30/h19H,3-18H2,1-2H3,(H,24,27)(H,25,28). The Labute approximate surface area is 181 Å². The number of imide groups is 1. The number of amides is 4. The van der Waals surface area contributed by atoms with E-state index < -0.39 is 0 Å². The molecule has 1 aliphatic rings. The zero-order valence-electron chi connectivity index (χ0n) is 19.0. The summed E-state index contributed by atoms with van der Waals surface area (Å²) in [7, 11) is 0. The molecule has 0 aromatic carbocycles. The molecule has 0 radical (unpaired) electrons. The molecule has 0 aromatic heterocycles. The Kier molecular flexibility index (Phi) is 13.8. The van der Waals surface area contributed by atoms with Gasteiger partial charge in [0, 0.05) is 44.8 Å². The molecule has 0 aromatic rings. The van der Waals surface area contributed by atoms with Crippen LogP contribution in [0, 0.1) is 5.92 Å². The van der Waals surface area contributed by atoms with Gasteiger partial charge in [-0.3, -0.25) is 24.1 Å². The zero-order valence-corrected chi connectivity index (χ0v) is 19.0. The number of carbonyl (C=O) groups is 4. The molecule has 7 nitrogen and oxygen atoms in total. The van der Waals surface area contributed by atoms with Crippen molar-refractivity contribution in [3.8, 4) is 0 Å². The van der Waals surface area contributed by atoms with Gasteiger partial charge in [-0.15, -0.1) is 0 Å². The monoisotopic (exact) mass is 423 g/mol. The molecule has 1 rings (SSSR count). The van der Waals surface area contributed by atoms with Gasteiger partial charge in [-0.25, -0.2) is 0 Å². The number of nitrogens with zero attached hydrogens (tertiary/aromatic N) is 1. The third-order valence-corrected chi connectivity index (χ3v) is 5.62. The fourth-order valence-corrected chi connectivity index (χ4v) is 3.63. The largest absolute Gasteiger partial charge is 0.356 e. The molecule has 172 valence electrons. The molecule has 7 heteroatoms. The van der Waals surface area contributed by atoms with E-state index in [9.17, 15) is 19.2 Å². The predicted octanol–water partition coefficient (Wildman–Crippen LogP) is 3.31. The van der Waals surface area contributed by atoms with Crippen LogP contribution in [0.25, 0.3) is 0 Å². The summed E-state index contributed by atoms with van der Waals surface area (Å²) in [4.78, 5) is 48.8. The Bertz CT molecular complexity index is 551. The Hall–Kier alpha value is -1.92. The normalized spacial score (nSPS) is 16.2. The first-order valence-corrected chi connectivity index (χ1v) is 11.9. The van der Waals surface area contributed by atoms with Crippen molar-refractivity contribution in [1.82, 2.24) is 15.5 Å². The number of nitrogens with one attached hydrogen (secondary N) is 2. The van der Waals surface area contributed by atoms with Crippen molar-refractivity contribution in [2.75, 3.05) is 19.6 Å². The van der Waals surface area contributed by atoms with Crippen LogP contribution in [0.1, 0.15) is 97.3 Å². The minimum Gasteiger partial charge on any atom is -0.356 e. The van der Waals surface area contributed by atoms with Gasteiger partial charge < -0.3 is 10.6 Å². The van der Waals surface area contributed by atoms with Crippen LogP contribution < -0.4 is 10.6 Å². The van der Waals surface area contributed by atoms with Crippen LogP contribution in [0.15, 0.2) is 0 Å². The van der Waals surface area contributed by atoms with Gasteiger partial charge in [0.2, 0.25) is 23.6 Å². The van der Waals surface area contributed by atoms with Gasteiger partial charge in [0.05, 0.1) is 0 Å². The summed E-state index contributed by atoms with van der Waals surface area (Å²) in [6, 6.07) is 0. The second kappa shape index (κ2) is 15.9. The van der Waals surface area contributed by atoms with Crippen molar-refractivity contribution < 1.29 is 19.2 Å². The first-order valence-electron chi connectivity index (χ1n) is 11.9. The van der Waals surface area contributed by atoms with Crippen LogP contribution in [0.2, 0.25) is 0 Å².